The molecule has 0 aliphatic carbocycles. The number of hydrogen-bond donors (Lipinski definition) is 0. The molecule has 0 saturated carbocycles. The van der Waals surface area contributed by atoms with Gasteiger partial charge in [0.05, 0.1) is 5.01 Å². The average Bonchev–Trinajstić information content (AvgIpc) is 3.19. The molecule has 4 nitrogen and oxygen atoms in total. The minimum atomic E-state index is -1.14. The molecule has 6 heteroatoms. The lowest BCUT2D eigenvalue weighted by molar-refractivity contribution is 0.477. The number of oxazole rings is 1. The van der Waals surface area contributed by atoms with E-state index in [1.807, 2.05) is 31.2 Å². The summed E-state index contributed by atoms with van der Waals surface area (Å²) in [6.07, 6.45) is 6.68. The summed E-state index contributed by atoms with van der Waals surface area (Å²) < 4.78 is 17.8. The number of unbranched alkanes of at least 4 members (excludes halogenated alkanes) is 4. The Morgan fingerprint density at radius 1 is 1.08 bits per heavy atom. The zero-order valence-corrected chi connectivity index (χ0v) is 15.5. The van der Waals surface area contributed by atoms with E-state index in [-0.39, 0.29) is 0 Å². The van der Waals surface area contributed by atoms with Gasteiger partial charge in [0.15, 0.2) is 5.58 Å². The molecule has 24 heavy (non-hydrogen) atoms. The van der Waals surface area contributed by atoms with Crippen LogP contribution in [0.3, 0.4) is 0 Å². The van der Waals surface area contributed by atoms with Crippen molar-refractivity contribution in [2.75, 3.05) is 5.75 Å². The summed E-state index contributed by atoms with van der Waals surface area (Å²) in [7, 11) is -1.14. The first-order valence-electron chi connectivity index (χ1n) is 8.37. The van der Waals surface area contributed by atoms with Crippen molar-refractivity contribution in [3.05, 3.63) is 40.3 Å². The monoisotopic (exact) mass is 362 g/mol. The molecule has 3 aromatic rings. The van der Waals surface area contributed by atoms with Crippen molar-refractivity contribution in [1.82, 2.24) is 9.97 Å². The summed E-state index contributed by atoms with van der Waals surface area (Å²) in [5.74, 6) is 0.624. The third-order valence-corrected chi connectivity index (χ3v) is 6.11. The first kappa shape index (κ1) is 17.3. The normalized spacial score (nSPS) is 12.7. The van der Waals surface area contributed by atoms with E-state index in [4.69, 9.17) is 4.42 Å². The maximum absolute atomic E-state index is 12.2. The van der Waals surface area contributed by atoms with Gasteiger partial charge in [0, 0.05) is 16.8 Å². The third-order valence-electron chi connectivity index (χ3n) is 3.86. The number of rotatable bonds is 9. The second-order valence-electron chi connectivity index (χ2n) is 5.90. The van der Waals surface area contributed by atoms with E-state index in [1.165, 1.54) is 24.3 Å². The van der Waals surface area contributed by atoms with Crippen molar-refractivity contribution >= 4 is 33.2 Å². The van der Waals surface area contributed by atoms with Gasteiger partial charge in [-0.2, -0.15) is 0 Å². The second kappa shape index (κ2) is 8.53. The fourth-order valence-corrected chi connectivity index (χ4v) is 4.44. The molecule has 0 spiro atoms. The second-order valence-corrected chi connectivity index (χ2v) is 8.29. The maximum atomic E-state index is 12.2. The van der Waals surface area contributed by atoms with Crippen molar-refractivity contribution in [3.63, 3.8) is 0 Å². The van der Waals surface area contributed by atoms with Gasteiger partial charge in [-0.15, -0.1) is 11.3 Å². The minimum Gasteiger partial charge on any atom is -0.430 e. The standard InChI is InChI=1S/C18H22N2O2S2/c1-14-13-23-17(19-14)11-5-3-2-4-8-12-24(21)18-20-15-9-6-7-10-16(15)22-18/h6-7,9-10,13H,2-5,8,11-12H2,1H3. The van der Waals surface area contributed by atoms with Crippen LogP contribution >= 0.6 is 11.3 Å². The minimum absolute atomic E-state index is 0.357. The van der Waals surface area contributed by atoms with Gasteiger partial charge in [-0.3, -0.25) is 0 Å². The van der Waals surface area contributed by atoms with Gasteiger partial charge in [-0.25, -0.2) is 14.2 Å². The lowest BCUT2D eigenvalue weighted by atomic mass is 10.1. The van der Waals surface area contributed by atoms with Crippen LogP contribution in [0.2, 0.25) is 0 Å². The van der Waals surface area contributed by atoms with E-state index in [0.717, 1.165) is 30.5 Å². The van der Waals surface area contributed by atoms with E-state index in [9.17, 15) is 4.21 Å². The molecule has 128 valence electrons. The number of para-hydroxylation sites is 2. The highest BCUT2D eigenvalue weighted by Crippen LogP contribution is 2.18. The number of fused-ring (bicyclic) bond motifs is 1. The number of aromatic nitrogens is 2. The molecule has 0 N–H and O–H groups in total. The van der Waals surface area contributed by atoms with Crippen LogP contribution in [-0.4, -0.2) is 19.9 Å². The summed E-state index contributed by atoms with van der Waals surface area (Å²) >= 11 is 1.75. The maximum Gasteiger partial charge on any atom is 0.287 e. The Hall–Kier alpha value is -1.53. The topological polar surface area (TPSA) is 56.0 Å². The van der Waals surface area contributed by atoms with E-state index in [1.54, 1.807) is 11.3 Å². The zero-order chi connectivity index (χ0) is 16.8. The molecule has 0 fully saturated rings. The van der Waals surface area contributed by atoms with Crippen LogP contribution in [0.4, 0.5) is 0 Å². The van der Waals surface area contributed by atoms with Gasteiger partial charge in [0.25, 0.3) is 5.22 Å². The first-order chi connectivity index (χ1) is 11.7. The Balaban J connectivity index is 1.32. The smallest absolute Gasteiger partial charge is 0.287 e. The quantitative estimate of drug-likeness (QED) is 0.508. The Bertz CT molecular complexity index is 777. The van der Waals surface area contributed by atoms with E-state index in [0.29, 0.717) is 16.6 Å². The lowest BCUT2D eigenvalue weighted by Gasteiger charge is -2.00. The summed E-state index contributed by atoms with van der Waals surface area (Å²) in [6, 6.07) is 7.54. The van der Waals surface area contributed by atoms with Crippen molar-refractivity contribution in [3.8, 4) is 0 Å². The predicted octanol–water partition coefficient (Wildman–Crippen LogP) is 4.89. The molecule has 0 saturated heterocycles. The number of aryl methyl sites for hydroxylation is 2. The molecular formula is C18H22N2O2S2. The highest BCUT2D eigenvalue weighted by molar-refractivity contribution is 7.84. The molecule has 0 bridgehead atoms. The van der Waals surface area contributed by atoms with Gasteiger partial charge in [-0.05, 0) is 38.3 Å². The number of hydrogen-bond acceptors (Lipinski definition) is 5. The van der Waals surface area contributed by atoms with Gasteiger partial charge in [-0.1, -0.05) is 31.4 Å². The summed E-state index contributed by atoms with van der Waals surface area (Å²) in [6.45, 7) is 2.04. The SMILES string of the molecule is Cc1csc(CCCCCCCS(=O)c2nc3ccccc3o2)n1. The van der Waals surface area contributed by atoms with Crippen LogP contribution < -0.4 is 0 Å². The van der Waals surface area contributed by atoms with Gasteiger partial charge in [0.2, 0.25) is 0 Å². The van der Waals surface area contributed by atoms with Crippen LogP contribution in [0.5, 0.6) is 0 Å². The van der Waals surface area contributed by atoms with Crippen molar-refractivity contribution in [2.45, 2.75) is 50.7 Å². The molecule has 2 aromatic heterocycles. The Morgan fingerprint density at radius 3 is 2.67 bits per heavy atom. The Kier molecular flexibility index (Phi) is 6.15. The van der Waals surface area contributed by atoms with Gasteiger partial charge in [0.1, 0.15) is 16.3 Å². The van der Waals surface area contributed by atoms with E-state index < -0.39 is 10.8 Å². The molecule has 1 aromatic carbocycles. The highest BCUT2D eigenvalue weighted by atomic mass is 32.2. The molecule has 0 amide bonds. The summed E-state index contributed by atoms with van der Waals surface area (Å²) in [4.78, 5) is 8.78. The van der Waals surface area contributed by atoms with Crippen molar-refractivity contribution < 1.29 is 8.63 Å². The van der Waals surface area contributed by atoms with Crippen molar-refractivity contribution in [2.24, 2.45) is 0 Å². The fourth-order valence-electron chi connectivity index (χ4n) is 2.59. The number of nitrogens with zero attached hydrogens (tertiary/aromatic N) is 2. The first-order valence-corrected chi connectivity index (χ1v) is 10.6. The molecule has 2 heterocycles. The Labute approximate surface area is 148 Å². The molecule has 0 radical (unpaired) electrons. The predicted molar refractivity (Wildman–Crippen MR) is 98.9 cm³/mol. The largest absolute Gasteiger partial charge is 0.430 e. The summed E-state index contributed by atoms with van der Waals surface area (Å²) in [5, 5.41) is 3.71. The van der Waals surface area contributed by atoms with Crippen LogP contribution in [0, 0.1) is 6.92 Å². The molecule has 0 aliphatic heterocycles. The molecule has 1 atom stereocenters. The average molecular weight is 363 g/mol. The highest BCUT2D eigenvalue weighted by Gasteiger charge is 2.12. The number of benzene rings is 1. The van der Waals surface area contributed by atoms with Gasteiger partial charge < -0.3 is 4.42 Å². The fraction of sp³-hybridized carbons (Fsp3) is 0.444. The van der Waals surface area contributed by atoms with E-state index >= 15 is 0 Å². The third kappa shape index (κ3) is 4.74. The zero-order valence-electron chi connectivity index (χ0n) is 13.9. The number of thiazole rings is 1. The van der Waals surface area contributed by atoms with Crippen LogP contribution in [0.15, 0.2) is 39.3 Å². The molecule has 0 aliphatic rings. The Morgan fingerprint density at radius 2 is 1.88 bits per heavy atom. The molecule has 3 rings (SSSR count). The summed E-state index contributed by atoms with van der Waals surface area (Å²) in [5.41, 5.74) is 2.60. The van der Waals surface area contributed by atoms with Crippen molar-refractivity contribution in [1.29, 1.82) is 0 Å². The van der Waals surface area contributed by atoms with Crippen LogP contribution in [0.1, 0.15) is 42.8 Å². The lowest BCUT2D eigenvalue weighted by Crippen LogP contribution is -1.98. The molecular weight excluding hydrogens is 340 g/mol. The van der Waals surface area contributed by atoms with Crippen LogP contribution in [0.25, 0.3) is 11.1 Å². The van der Waals surface area contributed by atoms with Gasteiger partial charge >= 0.3 is 0 Å². The molecule has 1 unspecified atom stereocenters. The van der Waals surface area contributed by atoms with Crippen LogP contribution in [-0.2, 0) is 17.2 Å². The van der Waals surface area contributed by atoms with E-state index in [2.05, 4.69) is 15.3 Å².